The van der Waals surface area contributed by atoms with Crippen molar-refractivity contribution in [3.8, 4) is 11.5 Å². The number of hydrogen-bond acceptors (Lipinski definition) is 14. The maximum absolute atomic E-state index is 13.4. The highest BCUT2D eigenvalue weighted by atomic mass is 35.5. The summed E-state index contributed by atoms with van der Waals surface area (Å²) in [6.45, 7) is -12.4. The first-order valence-corrected chi connectivity index (χ1v) is 24.5. The molecule has 0 saturated carbocycles. The Balaban J connectivity index is 0.000000254. The van der Waals surface area contributed by atoms with Gasteiger partial charge in [0.15, 0.2) is 0 Å². The number of fused-ring (bicyclic) bond motifs is 2. The number of amides is 6. The van der Waals surface area contributed by atoms with Gasteiger partial charge in [0, 0.05) is 69.7 Å². The van der Waals surface area contributed by atoms with Crippen molar-refractivity contribution in [3.05, 3.63) is 129 Å². The molecule has 21 heteroatoms. The van der Waals surface area contributed by atoms with Gasteiger partial charge in [0.2, 0.25) is 23.6 Å². The van der Waals surface area contributed by atoms with E-state index < -0.39 is 142 Å². The second kappa shape index (κ2) is 27.4. The monoisotopic (exact) mass is 1130 g/mol. The average molecular weight is 1130 g/mol. The molecule has 0 bridgehead atoms. The number of carbonyl (C=O) groups is 8. The lowest BCUT2D eigenvalue weighted by Gasteiger charge is -2.26. The molecule has 20 nitrogen and oxygen atoms in total. The van der Waals surface area contributed by atoms with E-state index >= 15 is 0 Å². The van der Waals surface area contributed by atoms with Gasteiger partial charge < -0.3 is 59.9 Å². The number of halogens is 1. The van der Waals surface area contributed by atoms with Crippen LogP contribution in [0.1, 0.15) is 146 Å². The fraction of sp³-hybridized carbons (Fsp3) is 0.448. The Morgan fingerprint density at radius 2 is 1.08 bits per heavy atom. The first-order chi connectivity index (χ1) is 44.0. The van der Waals surface area contributed by atoms with Gasteiger partial charge in [-0.15, -0.1) is 11.6 Å². The molecule has 4 heterocycles. The lowest BCUT2D eigenvalue weighted by molar-refractivity contribution is -0.156. The van der Waals surface area contributed by atoms with E-state index in [1.807, 2.05) is 0 Å². The summed E-state index contributed by atoms with van der Waals surface area (Å²) in [6, 6.07) is 13.4. The predicted molar refractivity (Wildman–Crippen MR) is 290 cm³/mol. The van der Waals surface area contributed by atoms with Gasteiger partial charge in [0.1, 0.15) is 54.5 Å². The van der Waals surface area contributed by atoms with Crippen LogP contribution in [-0.2, 0) is 86.2 Å². The lowest BCUT2D eigenvalue weighted by atomic mass is 10.1. The number of carbonyl (C=O) groups excluding carboxylic acids is 8. The van der Waals surface area contributed by atoms with Crippen molar-refractivity contribution in [2.24, 2.45) is 11.5 Å². The van der Waals surface area contributed by atoms with E-state index in [4.69, 9.17) is 62.0 Å². The van der Waals surface area contributed by atoms with Crippen LogP contribution in [0.3, 0.4) is 0 Å². The van der Waals surface area contributed by atoms with Crippen molar-refractivity contribution in [1.82, 2.24) is 19.6 Å². The largest absolute Gasteiger partial charge is 0.508 e. The van der Waals surface area contributed by atoms with Gasteiger partial charge in [0.25, 0.3) is 11.8 Å². The van der Waals surface area contributed by atoms with Crippen molar-refractivity contribution in [2.45, 2.75) is 129 Å². The molecule has 4 aliphatic rings. The third-order valence-electron chi connectivity index (χ3n) is 11.0. The van der Waals surface area contributed by atoms with Gasteiger partial charge in [-0.1, -0.05) is 60.7 Å². The number of ether oxygens (including phenoxy) is 5. The molecule has 0 radical (unpaired) electrons. The third-order valence-corrected chi connectivity index (χ3v) is 11.3. The second-order valence-corrected chi connectivity index (χ2v) is 19.5. The average Bonchev–Trinajstić information content (AvgIpc) is 1.63. The van der Waals surface area contributed by atoms with E-state index in [9.17, 15) is 43.5 Å². The fourth-order valence-corrected chi connectivity index (χ4v) is 7.67. The smallest absolute Gasteiger partial charge is 0.306 e. The molecule has 5 N–H and O–H groups in total. The Hall–Kier alpha value is -7.55. The molecule has 2 fully saturated rings. The van der Waals surface area contributed by atoms with Crippen LogP contribution in [0.25, 0.3) is 0 Å². The van der Waals surface area contributed by atoms with Crippen LogP contribution in [0.5, 0.6) is 11.5 Å². The first-order valence-electron chi connectivity index (χ1n) is 33.2. The number of rotatable bonds is 18. The molecule has 8 rings (SSSR count). The maximum atomic E-state index is 13.4. The summed E-state index contributed by atoms with van der Waals surface area (Å²) >= 11 is 5.53. The van der Waals surface area contributed by atoms with Gasteiger partial charge in [0.05, 0.1) is 48.1 Å². The van der Waals surface area contributed by atoms with Crippen LogP contribution in [0.4, 0.5) is 0 Å². The SMILES string of the molecule is [2H]C([2H])(Cl)c1ccc(C([2H])([2H])N2C(=O)COC([2H])([2H])C2([2H])[2H])cc1.[2H]C([2H])(Oc1cccc2c1CN([C@@]([2H])(CCC(=O)OC(C)(C)C)C(N)=O)C2=O)c1ccc(C([2H])([2H])N2C(=O)COC([2H])([2H])C2([2H])[2H])cc1.[2H][C@](CCC(=O)OC(C)(C)C)(C(N)=O)N1Cc2c(O)cccc2C1=O. The Labute approximate surface area is 490 Å². The number of esters is 2. The van der Waals surface area contributed by atoms with Crippen LogP contribution in [0.15, 0.2) is 84.9 Å². The van der Waals surface area contributed by atoms with E-state index in [2.05, 4.69) is 9.47 Å². The number of hydrogen-bond donors (Lipinski definition) is 3. The van der Waals surface area contributed by atoms with Crippen LogP contribution < -0.4 is 16.2 Å². The number of primary amides is 2. The van der Waals surface area contributed by atoms with E-state index in [0.29, 0.717) is 5.56 Å². The van der Waals surface area contributed by atoms with Gasteiger partial charge >= 0.3 is 11.9 Å². The van der Waals surface area contributed by atoms with Crippen molar-refractivity contribution in [3.63, 3.8) is 0 Å². The Morgan fingerprint density at radius 3 is 1.51 bits per heavy atom. The van der Waals surface area contributed by atoms with Crippen molar-refractivity contribution >= 4 is 59.0 Å². The van der Waals surface area contributed by atoms with Gasteiger partial charge in [-0.2, -0.15) is 0 Å². The number of aromatic hydroxyl groups is 1. The van der Waals surface area contributed by atoms with Crippen LogP contribution >= 0.6 is 11.6 Å². The Kier molecular flexibility index (Phi) is 13.8. The molecule has 2 atom stereocenters. The minimum atomic E-state index is -3.19. The molecule has 4 aliphatic heterocycles. The summed E-state index contributed by atoms with van der Waals surface area (Å²) in [6.07, 6.45) is -1.38. The molecular weight excluding hydrogens is 1040 g/mol. The number of phenolic OH excluding ortho intramolecular Hbond substituents is 1. The molecule has 0 unspecified atom stereocenters. The topological polar surface area (TPSA) is 268 Å². The van der Waals surface area contributed by atoms with E-state index in [1.165, 1.54) is 60.7 Å². The zero-order valence-electron chi connectivity index (χ0n) is 61.8. The number of phenols is 1. The molecule has 4 aromatic carbocycles. The van der Waals surface area contributed by atoms with E-state index in [0.717, 1.165) is 34.1 Å². The summed E-state index contributed by atoms with van der Waals surface area (Å²) in [5.74, 6) is -9.40. The molecule has 4 aromatic rings. The molecule has 79 heavy (non-hydrogen) atoms. The second-order valence-electron chi connectivity index (χ2n) is 19.3. The van der Waals surface area contributed by atoms with Crippen LogP contribution in [0.2, 0.25) is 0 Å². The zero-order chi connectivity index (χ0) is 73.8. The summed E-state index contributed by atoms with van der Waals surface area (Å²) in [5, 5.41) is 9.89. The highest BCUT2D eigenvalue weighted by Crippen LogP contribution is 2.35. The summed E-state index contributed by atoms with van der Waals surface area (Å²) in [4.78, 5) is 101. The van der Waals surface area contributed by atoms with Crippen molar-refractivity contribution in [1.29, 1.82) is 0 Å². The van der Waals surface area contributed by atoms with Crippen LogP contribution in [-0.4, -0.2) is 135 Å². The summed E-state index contributed by atoms with van der Waals surface area (Å²) in [5.41, 5.74) is 9.60. The third kappa shape index (κ3) is 17.5. The lowest BCUT2D eigenvalue weighted by Crippen LogP contribution is -2.45. The van der Waals surface area contributed by atoms with Gasteiger partial charge in [-0.3, -0.25) is 38.4 Å². The zero-order valence-corrected chi connectivity index (χ0v) is 44.6. The summed E-state index contributed by atoms with van der Waals surface area (Å²) in [7, 11) is 0. The van der Waals surface area contributed by atoms with Gasteiger partial charge in [-0.25, -0.2) is 0 Å². The van der Waals surface area contributed by atoms with E-state index in [-0.39, 0.29) is 92.6 Å². The van der Waals surface area contributed by atoms with E-state index in [1.54, 1.807) is 41.5 Å². The highest BCUT2D eigenvalue weighted by Gasteiger charge is 2.39. The molecule has 0 aromatic heterocycles. The molecule has 424 valence electrons. The quantitative estimate of drug-likeness (QED) is 0.0802. The van der Waals surface area contributed by atoms with Crippen LogP contribution in [0, 0.1) is 0 Å². The highest BCUT2D eigenvalue weighted by molar-refractivity contribution is 6.17. The molecule has 2 saturated heterocycles. The minimum Gasteiger partial charge on any atom is -0.508 e. The fourth-order valence-electron chi connectivity index (χ4n) is 7.54. The first kappa shape index (κ1) is 39.8. The molecule has 6 amide bonds. The molecule has 0 aliphatic carbocycles. The number of nitrogens with two attached hydrogens (primary N) is 2. The number of morpholine rings is 2. The number of alkyl halides is 1. The predicted octanol–water partition coefficient (Wildman–Crippen LogP) is 5.66. The molecule has 0 spiro atoms. The normalized spacial score (nSPS) is 23.4. The van der Waals surface area contributed by atoms with Gasteiger partial charge in [-0.05, 0) is 101 Å². The van der Waals surface area contributed by atoms with Crippen molar-refractivity contribution in [2.75, 3.05) is 39.3 Å². The Bertz CT molecular complexity index is 3720. The minimum absolute atomic E-state index is 0.0197. The number of benzene rings is 4. The Morgan fingerprint density at radius 1 is 0.658 bits per heavy atom. The summed E-state index contributed by atoms with van der Waals surface area (Å²) < 4.78 is 170. The standard InChI is InChI=1S/C29H35N3O7.C17H22N2O5.C12H14ClNO2/c1-29(2,3)39-26(34)12-11-23(27(30)35)32-16-22-21(28(32)36)5-4-6-24(22)38-17-20-9-7-19(8-10-20)15-31-13-14-37-18-25(31)33;1-17(2,3)24-14(21)8-7-12(15(18)22)19-9-11-10(16(19)23)5-4-6-13(11)20;13-7-10-1-3-11(4-2-10)8-14-5-6-16-9-12(14)15/h4-10,23H,11-18H2,1-3H3,(H2,30,35);4-6,12,20H,7-9H2,1-3H3,(H2,18,22);1-4H,5-9H2/t23-;12-;/m00./s1/i13D2,14D2,15D2,17D2,23D;12D;5D2,6D2,7D2,8D2. The number of nitrogens with zero attached hydrogens (tertiary/aromatic N) is 4. The maximum Gasteiger partial charge on any atom is 0.306 e. The van der Waals surface area contributed by atoms with Crippen molar-refractivity contribution < 1.29 is 91.8 Å². The molecular formula is C58H71ClN6O14.